The van der Waals surface area contributed by atoms with Crippen LogP contribution in [0.2, 0.25) is 0 Å². The minimum atomic E-state index is 0.469. The lowest BCUT2D eigenvalue weighted by Gasteiger charge is -2.24. The van der Waals surface area contributed by atoms with Gasteiger partial charge in [0.2, 0.25) is 0 Å². The Morgan fingerprint density at radius 3 is 2.65 bits per heavy atom. The van der Waals surface area contributed by atoms with Crippen LogP contribution in [0.25, 0.3) is 10.9 Å². The van der Waals surface area contributed by atoms with Crippen LogP contribution < -0.4 is 4.90 Å². The summed E-state index contributed by atoms with van der Waals surface area (Å²) < 4.78 is 2.36. The number of aryl methyl sites for hydroxylation is 1. The van der Waals surface area contributed by atoms with Crippen molar-refractivity contribution in [3.05, 3.63) is 54.0 Å². The molecule has 3 aromatic rings. The zero-order valence-electron chi connectivity index (χ0n) is 13.5. The van der Waals surface area contributed by atoms with Gasteiger partial charge in [0.15, 0.2) is 0 Å². The summed E-state index contributed by atoms with van der Waals surface area (Å²) in [5, 5.41) is 1.45. The molecule has 1 aliphatic heterocycles. The molecule has 3 nitrogen and oxygen atoms in total. The third kappa shape index (κ3) is 2.10. The number of benzene rings is 1. The molecule has 3 heterocycles. The number of fused-ring (bicyclic) bond motifs is 3. The molecule has 2 aromatic heterocycles. The molecule has 3 heteroatoms. The highest BCUT2D eigenvalue weighted by Crippen LogP contribution is 2.38. The fraction of sp³-hybridized carbons (Fsp3) is 0.400. The summed E-state index contributed by atoms with van der Waals surface area (Å²) in [4.78, 5) is 6.27. The molecule has 0 radical (unpaired) electrons. The molecule has 23 heavy (non-hydrogen) atoms. The van der Waals surface area contributed by atoms with Crippen LogP contribution in [0.3, 0.4) is 0 Å². The van der Waals surface area contributed by atoms with Crippen LogP contribution in [0.4, 0.5) is 5.69 Å². The molecular weight excluding hydrogens is 282 g/mol. The summed E-state index contributed by atoms with van der Waals surface area (Å²) in [5.41, 5.74) is 5.68. The lowest BCUT2D eigenvalue weighted by atomic mass is 9.91. The molecule has 1 fully saturated rings. The van der Waals surface area contributed by atoms with Crippen LogP contribution in [0.5, 0.6) is 0 Å². The SMILES string of the molecule is c1ccn(C2CCCc3c2[nH]c2ccc(N4CCCC4)cc32)c1. The third-order valence-electron chi connectivity index (χ3n) is 5.62. The van der Waals surface area contributed by atoms with Gasteiger partial charge in [0.05, 0.1) is 6.04 Å². The van der Waals surface area contributed by atoms with Crippen LogP contribution in [-0.2, 0) is 6.42 Å². The number of hydrogen-bond donors (Lipinski definition) is 1. The van der Waals surface area contributed by atoms with Gasteiger partial charge in [0, 0.05) is 47.8 Å². The van der Waals surface area contributed by atoms with Crippen molar-refractivity contribution in [3.8, 4) is 0 Å². The number of anilines is 1. The van der Waals surface area contributed by atoms with Gasteiger partial charge in [-0.1, -0.05) is 0 Å². The Hall–Kier alpha value is -2.16. The minimum Gasteiger partial charge on any atom is -0.372 e. The molecule has 1 aliphatic carbocycles. The van der Waals surface area contributed by atoms with Crippen molar-refractivity contribution in [2.75, 3.05) is 18.0 Å². The Kier molecular flexibility index (Phi) is 3.00. The van der Waals surface area contributed by atoms with Crippen LogP contribution in [-0.4, -0.2) is 22.6 Å². The van der Waals surface area contributed by atoms with E-state index in [1.54, 1.807) is 5.56 Å². The van der Waals surface area contributed by atoms with Crippen LogP contribution in [0.1, 0.15) is 43.0 Å². The van der Waals surface area contributed by atoms with E-state index in [1.165, 1.54) is 67.5 Å². The molecule has 0 saturated carbocycles. The molecule has 0 amide bonds. The van der Waals surface area contributed by atoms with Gasteiger partial charge in [-0.05, 0) is 68.0 Å². The quantitative estimate of drug-likeness (QED) is 0.741. The Labute approximate surface area is 136 Å². The second kappa shape index (κ2) is 5.19. The van der Waals surface area contributed by atoms with Crippen molar-refractivity contribution in [2.45, 2.75) is 38.1 Å². The maximum absolute atomic E-state index is 3.73. The van der Waals surface area contributed by atoms with E-state index in [-0.39, 0.29) is 0 Å². The van der Waals surface area contributed by atoms with Crippen LogP contribution >= 0.6 is 0 Å². The highest BCUT2D eigenvalue weighted by atomic mass is 15.1. The van der Waals surface area contributed by atoms with Gasteiger partial charge in [-0.3, -0.25) is 0 Å². The van der Waals surface area contributed by atoms with Crippen molar-refractivity contribution < 1.29 is 0 Å². The number of rotatable bonds is 2. The molecule has 2 aliphatic rings. The van der Waals surface area contributed by atoms with Crippen LogP contribution in [0, 0.1) is 0 Å². The fourth-order valence-electron chi connectivity index (χ4n) is 4.45. The summed E-state index contributed by atoms with van der Waals surface area (Å²) in [5.74, 6) is 0. The number of nitrogens with one attached hydrogen (secondary N) is 1. The molecule has 118 valence electrons. The standard InChI is InChI=1S/C20H23N3/c1-2-11-22(10-1)15-8-9-18-17(14-15)16-6-5-7-19(20(16)21-18)23-12-3-4-13-23/h3-4,8-9,12-14,19,21H,1-2,5-7,10-11H2. The van der Waals surface area contributed by atoms with E-state index in [1.807, 2.05) is 0 Å². The lowest BCUT2D eigenvalue weighted by molar-refractivity contribution is 0.484. The molecule has 0 bridgehead atoms. The average Bonchev–Trinajstić information content (AvgIpc) is 3.33. The monoisotopic (exact) mass is 305 g/mol. The summed E-state index contributed by atoms with van der Waals surface area (Å²) in [6, 6.07) is 11.7. The van der Waals surface area contributed by atoms with Gasteiger partial charge in [-0.15, -0.1) is 0 Å². The van der Waals surface area contributed by atoms with E-state index in [2.05, 4.69) is 57.2 Å². The van der Waals surface area contributed by atoms with E-state index < -0.39 is 0 Å². The topological polar surface area (TPSA) is 24.0 Å². The molecule has 1 unspecified atom stereocenters. The van der Waals surface area contributed by atoms with Crippen molar-refractivity contribution in [1.29, 1.82) is 0 Å². The number of hydrogen-bond acceptors (Lipinski definition) is 1. The van der Waals surface area contributed by atoms with Gasteiger partial charge in [0.25, 0.3) is 0 Å². The van der Waals surface area contributed by atoms with Crippen molar-refractivity contribution >= 4 is 16.6 Å². The minimum absolute atomic E-state index is 0.469. The maximum atomic E-state index is 3.73. The Morgan fingerprint density at radius 2 is 1.83 bits per heavy atom. The first-order valence-electron chi connectivity index (χ1n) is 8.92. The second-order valence-electron chi connectivity index (χ2n) is 6.98. The summed E-state index contributed by atoms with van der Waals surface area (Å²) in [6.45, 7) is 2.42. The van der Waals surface area contributed by atoms with Gasteiger partial charge < -0.3 is 14.5 Å². The predicted molar refractivity (Wildman–Crippen MR) is 95.3 cm³/mol. The van der Waals surface area contributed by atoms with E-state index in [4.69, 9.17) is 0 Å². The van der Waals surface area contributed by atoms with Gasteiger partial charge in [-0.2, -0.15) is 0 Å². The highest BCUT2D eigenvalue weighted by Gasteiger charge is 2.25. The van der Waals surface area contributed by atoms with Crippen molar-refractivity contribution in [1.82, 2.24) is 9.55 Å². The molecule has 1 saturated heterocycles. The van der Waals surface area contributed by atoms with E-state index in [0.29, 0.717) is 6.04 Å². The summed E-state index contributed by atoms with van der Waals surface area (Å²) in [7, 11) is 0. The normalized spacial score (nSPS) is 21.0. The predicted octanol–water partition coefficient (Wildman–Crippen LogP) is 4.50. The number of nitrogens with zero attached hydrogens (tertiary/aromatic N) is 2. The number of H-pyrrole nitrogens is 1. The second-order valence-corrected chi connectivity index (χ2v) is 6.98. The highest BCUT2D eigenvalue weighted by molar-refractivity contribution is 5.88. The van der Waals surface area contributed by atoms with Crippen molar-refractivity contribution in [2.24, 2.45) is 0 Å². The van der Waals surface area contributed by atoms with E-state index in [9.17, 15) is 0 Å². The largest absolute Gasteiger partial charge is 0.372 e. The van der Waals surface area contributed by atoms with E-state index in [0.717, 1.165) is 0 Å². The molecular formula is C20H23N3. The zero-order valence-corrected chi connectivity index (χ0v) is 13.5. The Balaban J connectivity index is 1.62. The third-order valence-corrected chi connectivity index (χ3v) is 5.62. The molecule has 5 rings (SSSR count). The maximum Gasteiger partial charge on any atom is 0.0732 e. The van der Waals surface area contributed by atoms with Crippen LogP contribution in [0.15, 0.2) is 42.7 Å². The first-order chi connectivity index (χ1) is 11.4. The lowest BCUT2D eigenvalue weighted by Crippen LogP contribution is -2.17. The first kappa shape index (κ1) is 13.3. The fourth-order valence-corrected chi connectivity index (χ4v) is 4.45. The zero-order chi connectivity index (χ0) is 15.2. The number of aromatic nitrogens is 2. The van der Waals surface area contributed by atoms with Gasteiger partial charge >= 0.3 is 0 Å². The smallest absolute Gasteiger partial charge is 0.0732 e. The van der Waals surface area contributed by atoms with Gasteiger partial charge in [-0.25, -0.2) is 0 Å². The van der Waals surface area contributed by atoms with E-state index >= 15 is 0 Å². The molecule has 1 aromatic carbocycles. The molecule has 1 N–H and O–H groups in total. The Morgan fingerprint density at radius 1 is 1.00 bits per heavy atom. The molecule has 1 atom stereocenters. The van der Waals surface area contributed by atoms with Crippen molar-refractivity contribution in [3.63, 3.8) is 0 Å². The molecule has 0 spiro atoms. The summed E-state index contributed by atoms with van der Waals surface area (Å²) in [6.07, 6.45) is 10.8. The number of aromatic amines is 1. The first-order valence-corrected chi connectivity index (χ1v) is 8.92. The average molecular weight is 305 g/mol. The Bertz CT molecular complexity index is 822. The summed E-state index contributed by atoms with van der Waals surface area (Å²) >= 11 is 0. The van der Waals surface area contributed by atoms with Gasteiger partial charge in [0.1, 0.15) is 0 Å².